The third-order valence-corrected chi connectivity index (χ3v) is 2.93. The Balaban J connectivity index is 2.27. The third kappa shape index (κ3) is 2.93. The first-order valence-electron chi connectivity index (χ1n) is 4.75. The average Bonchev–Trinajstić information content (AvgIpc) is 2.15. The summed E-state index contributed by atoms with van der Waals surface area (Å²) in [4.78, 5) is 13.6. The summed E-state index contributed by atoms with van der Waals surface area (Å²) in [5.41, 5.74) is 1.94. The highest BCUT2D eigenvalue weighted by molar-refractivity contribution is 7.99. The molecular formula is C11H10ClN3S. The molecule has 16 heavy (non-hydrogen) atoms. The summed E-state index contributed by atoms with van der Waals surface area (Å²) in [5.74, 6) is 0. The van der Waals surface area contributed by atoms with Crippen LogP contribution >= 0.6 is 23.4 Å². The molecule has 82 valence electrons. The van der Waals surface area contributed by atoms with Gasteiger partial charge in [-0.25, -0.2) is 15.0 Å². The van der Waals surface area contributed by atoms with Crippen LogP contribution < -0.4 is 0 Å². The second-order valence-electron chi connectivity index (χ2n) is 3.35. The third-order valence-electron chi connectivity index (χ3n) is 1.87. The fourth-order valence-corrected chi connectivity index (χ4v) is 2.42. The van der Waals surface area contributed by atoms with Gasteiger partial charge in [0.25, 0.3) is 0 Å². The van der Waals surface area contributed by atoms with E-state index >= 15 is 0 Å². The molecule has 2 heterocycles. The smallest absolute Gasteiger partial charge is 0.192 e. The molecular weight excluding hydrogens is 242 g/mol. The molecule has 3 nitrogen and oxygen atoms in total. The Morgan fingerprint density at radius 3 is 2.44 bits per heavy atom. The maximum absolute atomic E-state index is 5.81. The molecule has 0 aliphatic carbocycles. The Bertz CT molecular complexity index is 496. The zero-order valence-electron chi connectivity index (χ0n) is 8.94. The molecule has 2 aromatic heterocycles. The predicted octanol–water partition coefficient (Wildman–Crippen LogP) is 3.29. The quantitative estimate of drug-likeness (QED) is 0.606. The highest BCUT2D eigenvalue weighted by Gasteiger charge is 2.03. The summed E-state index contributed by atoms with van der Waals surface area (Å²) >= 11 is 7.29. The van der Waals surface area contributed by atoms with Crippen molar-refractivity contribution in [1.29, 1.82) is 0 Å². The fourth-order valence-electron chi connectivity index (χ4n) is 1.29. The van der Waals surface area contributed by atoms with Crippen molar-refractivity contribution in [3.05, 3.63) is 40.9 Å². The number of rotatable bonds is 2. The monoisotopic (exact) mass is 251 g/mol. The number of aryl methyl sites for hydroxylation is 2. The van der Waals surface area contributed by atoms with E-state index in [2.05, 4.69) is 15.0 Å². The van der Waals surface area contributed by atoms with Crippen LogP contribution in [0.5, 0.6) is 0 Å². The molecule has 0 unspecified atom stereocenters. The van der Waals surface area contributed by atoms with Crippen molar-refractivity contribution in [2.24, 2.45) is 0 Å². The van der Waals surface area contributed by atoms with E-state index in [0.29, 0.717) is 5.15 Å². The van der Waals surface area contributed by atoms with E-state index in [1.807, 2.05) is 26.0 Å². The Labute approximate surface area is 103 Å². The Morgan fingerprint density at radius 1 is 1.12 bits per heavy atom. The highest BCUT2D eigenvalue weighted by atomic mass is 35.5. The van der Waals surface area contributed by atoms with Crippen LogP contribution in [0.4, 0.5) is 0 Å². The van der Waals surface area contributed by atoms with E-state index in [1.165, 1.54) is 11.8 Å². The van der Waals surface area contributed by atoms with Gasteiger partial charge in [0.1, 0.15) is 5.15 Å². The van der Waals surface area contributed by atoms with Crippen LogP contribution in [-0.2, 0) is 0 Å². The molecule has 2 rings (SSSR count). The predicted molar refractivity (Wildman–Crippen MR) is 64.9 cm³/mol. The van der Waals surface area contributed by atoms with Crippen molar-refractivity contribution in [3.63, 3.8) is 0 Å². The topological polar surface area (TPSA) is 38.7 Å². The van der Waals surface area contributed by atoms with E-state index < -0.39 is 0 Å². The van der Waals surface area contributed by atoms with Crippen LogP contribution in [-0.4, -0.2) is 15.0 Å². The van der Waals surface area contributed by atoms with Gasteiger partial charge < -0.3 is 0 Å². The molecule has 0 aliphatic heterocycles. The van der Waals surface area contributed by atoms with Crippen LogP contribution in [0.3, 0.4) is 0 Å². The molecule has 0 N–H and O–H groups in total. The Hall–Kier alpha value is -1.13. The first kappa shape index (κ1) is 11.4. The summed E-state index contributed by atoms with van der Waals surface area (Å²) in [6.07, 6.45) is 1.67. The molecule has 0 bridgehead atoms. The SMILES string of the molecule is Cc1cc(C)nc(Sc2ccnc(Cl)c2)n1. The molecule has 0 amide bonds. The second kappa shape index (κ2) is 4.80. The first-order valence-corrected chi connectivity index (χ1v) is 5.94. The molecule has 0 spiro atoms. The number of aromatic nitrogens is 3. The van der Waals surface area contributed by atoms with Crippen molar-refractivity contribution >= 4 is 23.4 Å². The normalized spacial score (nSPS) is 10.4. The molecule has 0 aliphatic rings. The van der Waals surface area contributed by atoms with E-state index in [1.54, 1.807) is 12.3 Å². The van der Waals surface area contributed by atoms with Crippen molar-refractivity contribution < 1.29 is 0 Å². The van der Waals surface area contributed by atoms with Gasteiger partial charge in [-0.2, -0.15) is 0 Å². The van der Waals surface area contributed by atoms with Gasteiger partial charge in [-0.1, -0.05) is 11.6 Å². The largest absolute Gasteiger partial charge is 0.244 e. The van der Waals surface area contributed by atoms with Gasteiger partial charge in [-0.15, -0.1) is 0 Å². The Morgan fingerprint density at radius 2 is 1.81 bits per heavy atom. The summed E-state index contributed by atoms with van der Waals surface area (Å²) in [7, 11) is 0. The average molecular weight is 252 g/mol. The molecule has 5 heteroatoms. The van der Waals surface area contributed by atoms with Crippen LogP contribution in [0, 0.1) is 13.8 Å². The minimum absolute atomic E-state index is 0.481. The number of pyridine rings is 1. The first-order chi connectivity index (χ1) is 7.63. The molecule has 0 saturated heterocycles. The zero-order chi connectivity index (χ0) is 11.5. The lowest BCUT2D eigenvalue weighted by atomic mass is 10.4. The maximum Gasteiger partial charge on any atom is 0.192 e. The molecule has 2 aromatic rings. The van der Waals surface area contributed by atoms with Gasteiger partial charge >= 0.3 is 0 Å². The van der Waals surface area contributed by atoms with Gasteiger partial charge in [0.15, 0.2) is 5.16 Å². The van der Waals surface area contributed by atoms with Crippen molar-refractivity contribution in [2.45, 2.75) is 23.9 Å². The molecule has 0 fully saturated rings. The standard InChI is InChI=1S/C11H10ClN3S/c1-7-5-8(2)15-11(14-7)16-9-3-4-13-10(12)6-9/h3-6H,1-2H3. The summed E-state index contributed by atoms with van der Waals surface area (Å²) in [5, 5.41) is 1.22. The van der Waals surface area contributed by atoms with E-state index in [-0.39, 0.29) is 0 Å². The lowest BCUT2D eigenvalue weighted by Gasteiger charge is -2.02. The molecule has 0 aromatic carbocycles. The number of hydrogen-bond acceptors (Lipinski definition) is 4. The number of nitrogens with zero attached hydrogens (tertiary/aromatic N) is 3. The van der Waals surface area contributed by atoms with Crippen molar-refractivity contribution in [2.75, 3.05) is 0 Å². The van der Waals surface area contributed by atoms with Gasteiger partial charge in [-0.3, -0.25) is 0 Å². The van der Waals surface area contributed by atoms with Crippen LogP contribution in [0.2, 0.25) is 5.15 Å². The minimum atomic E-state index is 0.481. The van der Waals surface area contributed by atoms with Gasteiger partial charge in [0.05, 0.1) is 0 Å². The number of hydrogen-bond donors (Lipinski definition) is 0. The lowest BCUT2D eigenvalue weighted by molar-refractivity contribution is 0.902. The summed E-state index contributed by atoms with van der Waals surface area (Å²) < 4.78 is 0. The zero-order valence-corrected chi connectivity index (χ0v) is 10.5. The van der Waals surface area contributed by atoms with E-state index in [9.17, 15) is 0 Å². The van der Waals surface area contributed by atoms with E-state index in [4.69, 9.17) is 11.6 Å². The molecule has 0 radical (unpaired) electrons. The van der Waals surface area contributed by atoms with Crippen LogP contribution in [0.15, 0.2) is 34.4 Å². The van der Waals surface area contributed by atoms with Crippen molar-refractivity contribution in [3.8, 4) is 0 Å². The van der Waals surface area contributed by atoms with Gasteiger partial charge in [0.2, 0.25) is 0 Å². The summed E-state index contributed by atoms with van der Waals surface area (Å²) in [6.45, 7) is 3.91. The second-order valence-corrected chi connectivity index (χ2v) is 4.78. The Kier molecular flexibility index (Phi) is 3.41. The molecule has 0 atom stereocenters. The highest BCUT2D eigenvalue weighted by Crippen LogP contribution is 2.25. The minimum Gasteiger partial charge on any atom is -0.244 e. The summed E-state index contributed by atoms with van der Waals surface area (Å²) in [6, 6.07) is 5.63. The molecule has 0 saturated carbocycles. The van der Waals surface area contributed by atoms with Crippen LogP contribution in [0.1, 0.15) is 11.4 Å². The number of halogens is 1. The fraction of sp³-hybridized carbons (Fsp3) is 0.182. The van der Waals surface area contributed by atoms with Gasteiger partial charge in [-0.05, 0) is 43.8 Å². The van der Waals surface area contributed by atoms with Crippen molar-refractivity contribution in [1.82, 2.24) is 15.0 Å². The maximum atomic E-state index is 5.81. The van der Waals surface area contributed by atoms with Gasteiger partial charge in [0, 0.05) is 22.5 Å². The van der Waals surface area contributed by atoms with E-state index in [0.717, 1.165) is 21.4 Å². The van der Waals surface area contributed by atoms with Crippen LogP contribution in [0.25, 0.3) is 0 Å². The lowest BCUT2D eigenvalue weighted by Crippen LogP contribution is -1.92.